The zero-order chi connectivity index (χ0) is 10.0. The molecule has 0 aromatic heterocycles. The Hall–Kier alpha value is 0. The first kappa shape index (κ1) is 11.1. The van der Waals surface area contributed by atoms with Crippen molar-refractivity contribution in [2.24, 2.45) is 29.6 Å². The Morgan fingerprint density at radius 3 is 2.23 bits per heavy atom. The zero-order valence-electron chi connectivity index (χ0n) is 10.0. The van der Waals surface area contributed by atoms with Crippen LogP contribution in [0.25, 0.3) is 0 Å². The molecule has 0 heteroatoms. The Balaban J connectivity index is 2.20. The number of rotatable bonds is 5. The summed E-state index contributed by atoms with van der Waals surface area (Å²) in [6, 6.07) is 0. The molecule has 0 aliphatic heterocycles. The third-order valence-electron chi connectivity index (χ3n) is 4.16. The van der Waals surface area contributed by atoms with E-state index in [-0.39, 0.29) is 0 Å². The van der Waals surface area contributed by atoms with Crippen LogP contribution in [0.15, 0.2) is 0 Å². The molecule has 78 valence electrons. The second kappa shape index (κ2) is 4.48. The Morgan fingerprint density at radius 2 is 1.77 bits per heavy atom. The van der Waals surface area contributed by atoms with E-state index >= 15 is 0 Å². The average molecular weight is 182 g/mol. The Kier molecular flexibility index (Phi) is 3.82. The smallest absolute Gasteiger partial charge is 0.0357 e. The first-order valence-corrected chi connectivity index (χ1v) is 6.06. The molecule has 0 amide bonds. The van der Waals surface area contributed by atoms with Gasteiger partial charge in [0.2, 0.25) is 0 Å². The molecule has 0 saturated heterocycles. The molecule has 0 aromatic carbocycles. The SMILES string of the molecule is CCC(C)C1CC1CC(C)C(C)C. The van der Waals surface area contributed by atoms with Crippen LogP contribution in [0.5, 0.6) is 0 Å². The van der Waals surface area contributed by atoms with E-state index in [1.807, 2.05) is 0 Å². The molecule has 1 aliphatic carbocycles. The van der Waals surface area contributed by atoms with Crippen molar-refractivity contribution >= 4 is 0 Å². The maximum Gasteiger partial charge on any atom is -0.0357 e. The molecule has 1 saturated carbocycles. The van der Waals surface area contributed by atoms with Gasteiger partial charge in [0.1, 0.15) is 0 Å². The highest BCUT2D eigenvalue weighted by Crippen LogP contribution is 2.49. The van der Waals surface area contributed by atoms with Crippen molar-refractivity contribution in [2.45, 2.75) is 53.9 Å². The van der Waals surface area contributed by atoms with Crippen molar-refractivity contribution in [1.29, 1.82) is 0 Å². The van der Waals surface area contributed by atoms with Crippen LogP contribution in [0.4, 0.5) is 0 Å². The van der Waals surface area contributed by atoms with E-state index in [0.29, 0.717) is 0 Å². The Morgan fingerprint density at radius 1 is 1.15 bits per heavy atom. The normalized spacial score (nSPS) is 31.8. The van der Waals surface area contributed by atoms with Crippen molar-refractivity contribution in [2.75, 3.05) is 0 Å². The Labute approximate surface area is 84.1 Å². The lowest BCUT2D eigenvalue weighted by molar-refractivity contribution is 0.347. The standard InChI is InChI=1S/C13H26/c1-6-10(4)13-8-12(13)7-11(5)9(2)3/h9-13H,6-8H2,1-5H3. The lowest BCUT2D eigenvalue weighted by Crippen LogP contribution is -2.06. The molecule has 0 aromatic rings. The highest BCUT2D eigenvalue weighted by molar-refractivity contribution is 4.90. The molecule has 0 N–H and O–H groups in total. The molecule has 0 bridgehead atoms. The topological polar surface area (TPSA) is 0 Å². The summed E-state index contributed by atoms with van der Waals surface area (Å²) >= 11 is 0. The first-order chi connectivity index (χ1) is 6.06. The quantitative estimate of drug-likeness (QED) is 0.593. The third kappa shape index (κ3) is 3.00. The summed E-state index contributed by atoms with van der Waals surface area (Å²) in [4.78, 5) is 0. The summed E-state index contributed by atoms with van der Waals surface area (Å²) in [5.74, 6) is 4.93. The van der Waals surface area contributed by atoms with Gasteiger partial charge < -0.3 is 0 Å². The van der Waals surface area contributed by atoms with E-state index < -0.39 is 0 Å². The minimum absolute atomic E-state index is 0.873. The highest BCUT2D eigenvalue weighted by atomic mass is 14.5. The maximum atomic E-state index is 2.42. The van der Waals surface area contributed by atoms with Crippen LogP contribution in [0.1, 0.15) is 53.9 Å². The fraction of sp³-hybridized carbons (Fsp3) is 1.00. The monoisotopic (exact) mass is 182 g/mol. The van der Waals surface area contributed by atoms with E-state index in [1.165, 1.54) is 19.3 Å². The van der Waals surface area contributed by atoms with Crippen molar-refractivity contribution < 1.29 is 0 Å². The predicted octanol–water partition coefficient (Wildman–Crippen LogP) is 4.35. The van der Waals surface area contributed by atoms with E-state index in [4.69, 9.17) is 0 Å². The van der Waals surface area contributed by atoms with Crippen LogP contribution in [-0.4, -0.2) is 0 Å². The van der Waals surface area contributed by atoms with Gasteiger partial charge in [-0.1, -0.05) is 41.0 Å². The fourth-order valence-corrected chi connectivity index (χ4v) is 2.29. The van der Waals surface area contributed by atoms with Crippen LogP contribution in [0.3, 0.4) is 0 Å². The second-order valence-electron chi connectivity index (χ2n) is 5.50. The molecule has 4 atom stereocenters. The van der Waals surface area contributed by atoms with Gasteiger partial charge in [0.15, 0.2) is 0 Å². The van der Waals surface area contributed by atoms with Gasteiger partial charge in [-0.2, -0.15) is 0 Å². The summed E-state index contributed by atoms with van der Waals surface area (Å²) in [6.45, 7) is 11.9. The van der Waals surface area contributed by atoms with E-state index in [0.717, 1.165) is 29.6 Å². The summed E-state index contributed by atoms with van der Waals surface area (Å²) in [7, 11) is 0. The number of hydrogen-bond acceptors (Lipinski definition) is 0. The van der Waals surface area contributed by atoms with Crippen LogP contribution < -0.4 is 0 Å². The van der Waals surface area contributed by atoms with Gasteiger partial charge in [0.05, 0.1) is 0 Å². The molecular formula is C13H26. The van der Waals surface area contributed by atoms with Gasteiger partial charge in [-0.25, -0.2) is 0 Å². The molecule has 0 spiro atoms. The van der Waals surface area contributed by atoms with Crippen LogP contribution in [0, 0.1) is 29.6 Å². The lowest BCUT2D eigenvalue weighted by Gasteiger charge is -2.15. The minimum atomic E-state index is 0.873. The van der Waals surface area contributed by atoms with Crippen molar-refractivity contribution in [3.8, 4) is 0 Å². The maximum absolute atomic E-state index is 2.42. The van der Waals surface area contributed by atoms with E-state index in [9.17, 15) is 0 Å². The van der Waals surface area contributed by atoms with Crippen LogP contribution in [-0.2, 0) is 0 Å². The molecule has 4 unspecified atom stereocenters. The Bertz CT molecular complexity index is 148. The van der Waals surface area contributed by atoms with Crippen molar-refractivity contribution in [3.63, 3.8) is 0 Å². The summed E-state index contributed by atoms with van der Waals surface area (Å²) < 4.78 is 0. The molecule has 1 aliphatic rings. The largest absolute Gasteiger partial charge is 0.0651 e. The fourth-order valence-electron chi connectivity index (χ4n) is 2.29. The van der Waals surface area contributed by atoms with Crippen LogP contribution >= 0.6 is 0 Å². The second-order valence-corrected chi connectivity index (χ2v) is 5.50. The number of hydrogen-bond donors (Lipinski definition) is 0. The molecule has 0 radical (unpaired) electrons. The summed E-state index contributed by atoms with van der Waals surface area (Å²) in [5.41, 5.74) is 0. The van der Waals surface area contributed by atoms with E-state index in [2.05, 4.69) is 34.6 Å². The molecule has 1 rings (SSSR count). The third-order valence-corrected chi connectivity index (χ3v) is 4.16. The molecule has 13 heavy (non-hydrogen) atoms. The molecular weight excluding hydrogens is 156 g/mol. The summed E-state index contributed by atoms with van der Waals surface area (Å²) in [5, 5.41) is 0. The summed E-state index contributed by atoms with van der Waals surface area (Å²) in [6.07, 6.45) is 4.37. The zero-order valence-corrected chi connectivity index (χ0v) is 10.0. The van der Waals surface area contributed by atoms with Gasteiger partial charge in [0, 0.05) is 0 Å². The van der Waals surface area contributed by atoms with Crippen molar-refractivity contribution in [1.82, 2.24) is 0 Å². The van der Waals surface area contributed by atoms with Gasteiger partial charge in [-0.05, 0) is 42.4 Å². The van der Waals surface area contributed by atoms with Crippen LogP contribution in [0.2, 0.25) is 0 Å². The van der Waals surface area contributed by atoms with Gasteiger partial charge in [-0.3, -0.25) is 0 Å². The first-order valence-electron chi connectivity index (χ1n) is 6.06. The van der Waals surface area contributed by atoms with Crippen molar-refractivity contribution in [3.05, 3.63) is 0 Å². The molecule has 1 fully saturated rings. The van der Waals surface area contributed by atoms with Gasteiger partial charge in [0.25, 0.3) is 0 Å². The lowest BCUT2D eigenvalue weighted by atomic mass is 9.90. The average Bonchev–Trinajstić information content (AvgIpc) is 2.82. The predicted molar refractivity (Wildman–Crippen MR) is 59.7 cm³/mol. The van der Waals surface area contributed by atoms with E-state index in [1.54, 1.807) is 0 Å². The minimum Gasteiger partial charge on any atom is -0.0651 e. The molecule has 0 nitrogen and oxygen atoms in total. The molecule has 0 heterocycles. The highest BCUT2D eigenvalue weighted by Gasteiger charge is 2.40. The van der Waals surface area contributed by atoms with Gasteiger partial charge in [-0.15, -0.1) is 0 Å². The van der Waals surface area contributed by atoms with Gasteiger partial charge >= 0.3 is 0 Å².